The summed E-state index contributed by atoms with van der Waals surface area (Å²) in [4.78, 5) is 24.3. The Morgan fingerprint density at radius 3 is 2.69 bits per heavy atom. The first kappa shape index (κ1) is 22.1. The number of nitrogens with zero attached hydrogens (tertiary/aromatic N) is 3. The SMILES string of the molecule is Cc1ccccc1CN1CCCC(c2ncc(C(=O)NCc3ccc(F)cc3)c(C)n2)C1. The van der Waals surface area contributed by atoms with Gasteiger partial charge in [0, 0.05) is 31.7 Å². The summed E-state index contributed by atoms with van der Waals surface area (Å²) < 4.78 is 13.0. The number of halogens is 1. The van der Waals surface area contributed by atoms with Crippen molar-refractivity contribution in [3.63, 3.8) is 0 Å². The van der Waals surface area contributed by atoms with Crippen molar-refractivity contribution in [2.45, 2.75) is 45.7 Å². The first-order valence-corrected chi connectivity index (χ1v) is 11.1. The fourth-order valence-corrected chi connectivity index (χ4v) is 4.22. The lowest BCUT2D eigenvalue weighted by atomic mass is 9.96. The summed E-state index contributed by atoms with van der Waals surface area (Å²) in [5, 5.41) is 2.86. The second-order valence-corrected chi connectivity index (χ2v) is 8.54. The Hall–Kier alpha value is -3.12. The van der Waals surface area contributed by atoms with Crippen LogP contribution in [-0.2, 0) is 13.1 Å². The van der Waals surface area contributed by atoms with Crippen molar-refractivity contribution in [1.82, 2.24) is 20.2 Å². The van der Waals surface area contributed by atoms with E-state index in [-0.39, 0.29) is 17.6 Å². The minimum atomic E-state index is -0.292. The summed E-state index contributed by atoms with van der Waals surface area (Å²) in [6.45, 7) is 7.27. The highest BCUT2D eigenvalue weighted by Crippen LogP contribution is 2.26. The van der Waals surface area contributed by atoms with Crippen LogP contribution in [0.1, 0.15) is 57.3 Å². The average Bonchev–Trinajstić information content (AvgIpc) is 2.80. The largest absolute Gasteiger partial charge is 0.348 e. The van der Waals surface area contributed by atoms with E-state index in [0.717, 1.165) is 43.9 Å². The lowest BCUT2D eigenvalue weighted by Gasteiger charge is -2.32. The molecule has 1 aromatic heterocycles. The van der Waals surface area contributed by atoms with E-state index in [9.17, 15) is 9.18 Å². The summed E-state index contributed by atoms with van der Waals surface area (Å²) in [5.74, 6) is 0.568. The normalized spacial score (nSPS) is 16.7. The van der Waals surface area contributed by atoms with E-state index in [1.165, 1.54) is 23.3 Å². The molecule has 0 aliphatic carbocycles. The van der Waals surface area contributed by atoms with E-state index in [4.69, 9.17) is 4.98 Å². The zero-order chi connectivity index (χ0) is 22.5. The molecule has 1 unspecified atom stereocenters. The molecular weight excluding hydrogens is 403 g/mol. The maximum atomic E-state index is 13.0. The summed E-state index contributed by atoms with van der Waals surface area (Å²) in [5.41, 5.74) is 4.67. The fraction of sp³-hybridized carbons (Fsp3) is 0.346. The molecule has 4 rings (SSSR count). The summed E-state index contributed by atoms with van der Waals surface area (Å²) in [6.07, 6.45) is 3.80. The molecule has 2 aromatic carbocycles. The Balaban J connectivity index is 1.39. The van der Waals surface area contributed by atoms with Gasteiger partial charge in [0.2, 0.25) is 0 Å². The van der Waals surface area contributed by atoms with Crippen LogP contribution in [0.5, 0.6) is 0 Å². The Bertz CT molecular complexity index is 1080. The lowest BCUT2D eigenvalue weighted by molar-refractivity contribution is 0.0949. The van der Waals surface area contributed by atoms with Crippen LogP contribution >= 0.6 is 0 Å². The molecule has 1 amide bonds. The second-order valence-electron chi connectivity index (χ2n) is 8.54. The number of likely N-dealkylation sites (tertiary alicyclic amines) is 1. The number of hydrogen-bond donors (Lipinski definition) is 1. The second kappa shape index (κ2) is 10.0. The molecule has 3 aromatic rings. The van der Waals surface area contributed by atoms with Gasteiger partial charge in [-0.25, -0.2) is 14.4 Å². The van der Waals surface area contributed by atoms with Crippen LogP contribution in [0.15, 0.2) is 54.7 Å². The summed E-state index contributed by atoms with van der Waals surface area (Å²) in [6, 6.07) is 14.6. The molecule has 1 fully saturated rings. The van der Waals surface area contributed by atoms with Gasteiger partial charge in [0.1, 0.15) is 11.6 Å². The molecule has 1 aliphatic rings. The molecule has 1 N–H and O–H groups in total. The Morgan fingerprint density at radius 1 is 1.16 bits per heavy atom. The predicted molar refractivity (Wildman–Crippen MR) is 123 cm³/mol. The molecule has 32 heavy (non-hydrogen) atoms. The monoisotopic (exact) mass is 432 g/mol. The van der Waals surface area contributed by atoms with Crippen LogP contribution < -0.4 is 5.32 Å². The quantitative estimate of drug-likeness (QED) is 0.621. The number of carbonyl (C=O) groups excluding carboxylic acids is 1. The van der Waals surface area contributed by atoms with Crippen LogP contribution in [0.4, 0.5) is 4.39 Å². The molecule has 1 aliphatic heterocycles. The van der Waals surface area contributed by atoms with Gasteiger partial charge in [-0.1, -0.05) is 36.4 Å². The minimum Gasteiger partial charge on any atom is -0.348 e. The van der Waals surface area contributed by atoms with Gasteiger partial charge in [-0.15, -0.1) is 0 Å². The number of amides is 1. The van der Waals surface area contributed by atoms with E-state index in [1.54, 1.807) is 18.3 Å². The molecule has 0 radical (unpaired) electrons. The third-order valence-corrected chi connectivity index (χ3v) is 6.13. The standard InChI is InChI=1S/C26H29FN4O/c1-18-6-3-4-7-21(18)16-31-13-5-8-22(17-31)25-28-15-24(19(2)30-25)26(32)29-14-20-9-11-23(27)12-10-20/h3-4,6-7,9-12,15,22H,5,8,13-14,16-17H2,1-2H3,(H,29,32). The Kier molecular flexibility index (Phi) is 6.90. The highest BCUT2D eigenvalue weighted by Gasteiger charge is 2.25. The third kappa shape index (κ3) is 5.37. The number of piperidine rings is 1. The molecule has 1 atom stereocenters. The van der Waals surface area contributed by atoms with Gasteiger partial charge in [0.05, 0.1) is 11.3 Å². The highest BCUT2D eigenvalue weighted by atomic mass is 19.1. The van der Waals surface area contributed by atoms with Crippen LogP contribution in [0.2, 0.25) is 0 Å². The number of nitrogens with one attached hydrogen (secondary N) is 1. The van der Waals surface area contributed by atoms with Crippen LogP contribution in [0.25, 0.3) is 0 Å². The number of aryl methyl sites for hydroxylation is 2. The zero-order valence-electron chi connectivity index (χ0n) is 18.6. The molecule has 6 heteroatoms. The van der Waals surface area contributed by atoms with Crippen LogP contribution in [0, 0.1) is 19.7 Å². The Morgan fingerprint density at radius 2 is 1.94 bits per heavy atom. The molecule has 2 heterocycles. The first-order valence-electron chi connectivity index (χ1n) is 11.1. The number of benzene rings is 2. The van der Waals surface area contributed by atoms with Gasteiger partial charge in [0.15, 0.2) is 0 Å². The molecule has 5 nitrogen and oxygen atoms in total. The van der Waals surface area contributed by atoms with Crippen molar-refractivity contribution in [1.29, 1.82) is 0 Å². The van der Waals surface area contributed by atoms with Crippen LogP contribution in [-0.4, -0.2) is 33.9 Å². The third-order valence-electron chi connectivity index (χ3n) is 6.13. The van der Waals surface area contributed by atoms with Crippen molar-refractivity contribution >= 4 is 5.91 Å². The van der Waals surface area contributed by atoms with Crippen molar-refractivity contribution in [3.8, 4) is 0 Å². The first-order chi connectivity index (χ1) is 15.5. The maximum absolute atomic E-state index is 13.0. The zero-order valence-corrected chi connectivity index (χ0v) is 18.6. The topological polar surface area (TPSA) is 58.1 Å². The number of hydrogen-bond acceptors (Lipinski definition) is 4. The number of carbonyl (C=O) groups is 1. The van der Waals surface area contributed by atoms with Gasteiger partial charge < -0.3 is 5.32 Å². The van der Waals surface area contributed by atoms with Gasteiger partial charge in [-0.05, 0) is 62.1 Å². The highest BCUT2D eigenvalue weighted by molar-refractivity contribution is 5.94. The molecule has 0 spiro atoms. The smallest absolute Gasteiger partial charge is 0.254 e. The van der Waals surface area contributed by atoms with E-state index < -0.39 is 0 Å². The Labute approximate surface area is 188 Å². The van der Waals surface area contributed by atoms with Crippen molar-refractivity contribution in [2.24, 2.45) is 0 Å². The maximum Gasteiger partial charge on any atom is 0.254 e. The lowest BCUT2D eigenvalue weighted by Crippen LogP contribution is -2.35. The van der Waals surface area contributed by atoms with Gasteiger partial charge in [-0.2, -0.15) is 0 Å². The van der Waals surface area contributed by atoms with E-state index in [2.05, 4.69) is 46.4 Å². The van der Waals surface area contributed by atoms with E-state index >= 15 is 0 Å². The van der Waals surface area contributed by atoms with E-state index in [0.29, 0.717) is 17.8 Å². The molecular formula is C26H29FN4O. The fourth-order valence-electron chi connectivity index (χ4n) is 4.22. The molecule has 166 valence electrons. The van der Waals surface area contributed by atoms with Crippen molar-refractivity contribution < 1.29 is 9.18 Å². The summed E-state index contributed by atoms with van der Waals surface area (Å²) in [7, 11) is 0. The number of aromatic nitrogens is 2. The van der Waals surface area contributed by atoms with Gasteiger partial charge in [0.25, 0.3) is 5.91 Å². The summed E-state index contributed by atoms with van der Waals surface area (Å²) >= 11 is 0. The van der Waals surface area contributed by atoms with Crippen molar-refractivity contribution in [3.05, 3.63) is 94.3 Å². The van der Waals surface area contributed by atoms with E-state index in [1.807, 2.05) is 6.92 Å². The predicted octanol–water partition coefficient (Wildman–Crippen LogP) is 4.54. The van der Waals surface area contributed by atoms with Gasteiger partial charge >= 0.3 is 0 Å². The van der Waals surface area contributed by atoms with Crippen molar-refractivity contribution in [2.75, 3.05) is 13.1 Å². The average molecular weight is 433 g/mol. The van der Waals surface area contributed by atoms with Gasteiger partial charge in [-0.3, -0.25) is 9.69 Å². The molecule has 0 saturated carbocycles. The van der Waals surface area contributed by atoms with Crippen LogP contribution in [0.3, 0.4) is 0 Å². The minimum absolute atomic E-state index is 0.219. The molecule has 1 saturated heterocycles. The molecule has 0 bridgehead atoms. The number of rotatable bonds is 6.